The largest absolute Gasteiger partial charge is 0.308 e. The normalized spacial score (nSPS) is 12.7. The van der Waals surface area contributed by atoms with Crippen molar-refractivity contribution >= 4 is 33.5 Å². The van der Waals surface area contributed by atoms with Crippen LogP contribution in [-0.4, -0.2) is 14.0 Å². The van der Waals surface area contributed by atoms with Crippen LogP contribution in [-0.2, 0) is 10.2 Å². The number of benzene rings is 3. The first kappa shape index (κ1) is 21.7. The highest BCUT2D eigenvalue weighted by Crippen LogP contribution is 2.51. The van der Waals surface area contributed by atoms with Crippen LogP contribution < -0.4 is 25.1 Å². The van der Waals surface area contributed by atoms with E-state index in [-0.39, 0.29) is 0 Å². The molecule has 0 unspecified atom stereocenters. The van der Waals surface area contributed by atoms with Crippen LogP contribution in [0.15, 0.2) is 91.0 Å². The van der Waals surface area contributed by atoms with E-state index in [0.717, 1.165) is 15.9 Å². The Morgan fingerprint density at radius 1 is 0.724 bits per heavy atom. The molecule has 0 aliphatic rings. The molecule has 4 nitrogen and oxygen atoms in total. The summed E-state index contributed by atoms with van der Waals surface area (Å²) in [6, 6.07) is 29.6. The molecule has 0 aliphatic heterocycles. The second-order valence-corrected chi connectivity index (χ2v) is 12.4. The van der Waals surface area contributed by atoms with Crippen molar-refractivity contribution in [1.29, 1.82) is 0 Å². The van der Waals surface area contributed by atoms with Crippen LogP contribution >= 0.6 is 7.41 Å². The fraction of sp³-hybridized carbons (Fsp3) is 0.217. The van der Waals surface area contributed by atoms with Gasteiger partial charge >= 0.3 is 10.2 Å². The lowest BCUT2D eigenvalue weighted by Crippen LogP contribution is -2.52. The zero-order valence-electron chi connectivity index (χ0n) is 17.0. The van der Waals surface area contributed by atoms with Gasteiger partial charge in [-0.3, -0.25) is 0 Å². The summed E-state index contributed by atoms with van der Waals surface area (Å²) in [5.74, 6) is 0. The Kier molecular flexibility index (Phi) is 6.55. The van der Waals surface area contributed by atoms with Crippen molar-refractivity contribution in [2.75, 3.05) is 0 Å². The zero-order valence-corrected chi connectivity index (χ0v) is 18.8. The zero-order chi connectivity index (χ0) is 21.0. The molecule has 0 spiro atoms. The summed E-state index contributed by atoms with van der Waals surface area (Å²) in [6.45, 7) is 5.75. The van der Waals surface area contributed by atoms with Crippen LogP contribution in [0.3, 0.4) is 0 Å². The highest BCUT2D eigenvalue weighted by molar-refractivity contribution is 8.05. The van der Waals surface area contributed by atoms with E-state index in [1.807, 2.05) is 112 Å². The van der Waals surface area contributed by atoms with Gasteiger partial charge in [0.25, 0.3) is 0 Å². The third-order valence-corrected chi connectivity index (χ3v) is 11.1. The first-order valence-electron chi connectivity index (χ1n) is 9.68. The van der Waals surface area contributed by atoms with Crippen LogP contribution in [0, 0.1) is 0 Å². The van der Waals surface area contributed by atoms with Gasteiger partial charge in [-0.1, -0.05) is 66.0 Å². The Hall–Kier alpha value is -2.04. The first-order valence-corrected chi connectivity index (χ1v) is 13.0. The van der Waals surface area contributed by atoms with Crippen molar-refractivity contribution in [3.05, 3.63) is 91.0 Å². The summed E-state index contributed by atoms with van der Waals surface area (Å²) >= 11 is 0. The lowest BCUT2D eigenvalue weighted by molar-refractivity contribution is 0.438. The van der Waals surface area contributed by atoms with Gasteiger partial charge in [0.05, 0.1) is 0 Å². The molecule has 0 saturated heterocycles. The van der Waals surface area contributed by atoms with E-state index >= 15 is 0 Å². The minimum absolute atomic E-state index is 0.550. The Labute approximate surface area is 175 Å². The Bertz CT molecular complexity index is 928. The maximum absolute atomic E-state index is 13.3. The predicted molar refractivity (Wildman–Crippen MR) is 125 cm³/mol. The summed E-state index contributed by atoms with van der Waals surface area (Å²) in [5.41, 5.74) is -0.550. The molecule has 0 atom stereocenters. The quantitative estimate of drug-likeness (QED) is 0.541. The van der Waals surface area contributed by atoms with E-state index in [9.17, 15) is 8.42 Å². The highest BCUT2D eigenvalue weighted by atomic mass is 32.2. The van der Waals surface area contributed by atoms with E-state index in [2.05, 4.69) is 9.21 Å². The Morgan fingerprint density at radius 3 is 1.38 bits per heavy atom. The SMILES string of the molecule is CCC(C)(C)NS(=O)(=O)N[P+](c1ccccc1)(c1ccccc1)c1ccccc1. The molecule has 3 aromatic rings. The highest BCUT2D eigenvalue weighted by Gasteiger charge is 2.50. The van der Waals surface area contributed by atoms with Crippen molar-refractivity contribution in [3.8, 4) is 0 Å². The van der Waals surface area contributed by atoms with Gasteiger partial charge in [-0.25, -0.2) is 0 Å². The topological polar surface area (TPSA) is 58.2 Å². The fourth-order valence-corrected chi connectivity index (χ4v) is 9.71. The maximum atomic E-state index is 13.3. The number of hydrogen-bond donors (Lipinski definition) is 2. The molecule has 0 heterocycles. The van der Waals surface area contributed by atoms with Crippen molar-refractivity contribution in [2.45, 2.75) is 32.7 Å². The first-order chi connectivity index (χ1) is 13.8. The molecule has 2 N–H and O–H groups in total. The molecule has 0 radical (unpaired) electrons. The molecule has 29 heavy (non-hydrogen) atoms. The standard InChI is InChI=1S/C23H28N2O2PS/c1-4-23(2,3)24-29(26,27)25-28(20-14-8-5-9-15-20,21-16-10-6-11-17-21)22-18-12-7-13-19-22/h5-19,24-25H,4H2,1-3H3/q+1. The molecule has 152 valence electrons. The molecule has 0 aromatic heterocycles. The van der Waals surface area contributed by atoms with Crippen LogP contribution in [0.4, 0.5) is 0 Å². The monoisotopic (exact) mass is 427 g/mol. The average Bonchev–Trinajstić information content (AvgIpc) is 2.73. The minimum atomic E-state index is -3.80. The van der Waals surface area contributed by atoms with Gasteiger partial charge in [-0.15, -0.1) is 0 Å². The summed E-state index contributed by atoms with van der Waals surface area (Å²) in [6.07, 6.45) is 0.682. The summed E-state index contributed by atoms with van der Waals surface area (Å²) in [4.78, 5) is 0. The second kappa shape index (κ2) is 8.76. The predicted octanol–water partition coefficient (Wildman–Crippen LogP) is 3.51. The lowest BCUT2D eigenvalue weighted by Gasteiger charge is -2.30. The molecule has 0 saturated carbocycles. The summed E-state index contributed by atoms with van der Waals surface area (Å²) < 4.78 is 32.6. The molecule has 3 rings (SSSR count). The molecule has 0 aliphatic carbocycles. The Morgan fingerprint density at radius 2 is 1.07 bits per heavy atom. The van der Waals surface area contributed by atoms with E-state index in [4.69, 9.17) is 0 Å². The van der Waals surface area contributed by atoms with Crippen molar-refractivity contribution < 1.29 is 8.42 Å². The van der Waals surface area contributed by atoms with Gasteiger partial charge in [0.15, 0.2) is 7.41 Å². The van der Waals surface area contributed by atoms with Crippen molar-refractivity contribution in [3.63, 3.8) is 0 Å². The molecular weight excluding hydrogens is 399 g/mol. The summed E-state index contributed by atoms with van der Waals surface area (Å²) in [5, 5.41) is 2.87. The third-order valence-electron chi connectivity index (χ3n) is 4.98. The number of nitrogens with one attached hydrogen (secondary N) is 2. The Balaban J connectivity index is 2.26. The van der Waals surface area contributed by atoms with Gasteiger partial charge in [-0.05, 0) is 56.7 Å². The molecule has 3 aromatic carbocycles. The smallest absolute Gasteiger partial charge is 0.194 e. The average molecular weight is 428 g/mol. The van der Waals surface area contributed by atoms with Gasteiger partial charge in [0.2, 0.25) is 0 Å². The van der Waals surface area contributed by atoms with Crippen LogP contribution in [0.2, 0.25) is 0 Å². The molecule has 6 heteroatoms. The lowest BCUT2D eigenvalue weighted by atomic mass is 10.0. The van der Waals surface area contributed by atoms with E-state index in [1.165, 1.54) is 0 Å². The van der Waals surface area contributed by atoms with Gasteiger partial charge in [0, 0.05) is 5.54 Å². The molecular formula is C23H28N2O2PS+. The molecule has 0 fully saturated rings. The molecule has 0 amide bonds. The van der Waals surface area contributed by atoms with E-state index in [1.54, 1.807) is 0 Å². The van der Waals surface area contributed by atoms with Crippen LogP contribution in [0.1, 0.15) is 27.2 Å². The van der Waals surface area contributed by atoms with E-state index < -0.39 is 23.2 Å². The van der Waals surface area contributed by atoms with Crippen molar-refractivity contribution in [2.24, 2.45) is 0 Å². The minimum Gasteiger partial charge on any atom is -0.194 e. The van der Waals surface area contributed by atoms with Crippen LogP contribution in [0.25, 0.3) is 0 Å². The van der Waals surface area contributed by atoms with E-state index in [0.29, 0.717) is 6.42 Å². The molecule has 0 bridgehead atoms. The second-order valence-electron chi connectivity index (χ2n) is 7.61. The number of hydrogen-bond acceptors (Lipinski definition) is 2. The maximum Gasteiger partial charge on any atom is 0.308 e. The van der Waals surface area contributed by atoms with Gasteiger partial charge in [0.1, 0.15) is 15.9 Å². The van der Waals surface area contributed by atoms with Gasteiger partial charge < -0.3 is 0 Å². The van der Waals surface area contributed by atoms with Crippen LogP contribution in [0.5, 0.6) is 0 Å². The summed E-state index contributed by atoms with van der Waals surface area (Å²) in [7, 11) is -6.48. The third kappa shape index (κ3) is 4.93. The number of rotatable bonds is 8. The fourth-order valence-electron chi connectivity index (χ4n) is 3.20. The van der Waals surface area contributed by atoms with Crippen molar-refractivity contribution in [1.82, 2.24) is 9.21 Å². The van der Waals surface area contributed by atoms with Gasteiger partial charge in [-0.2, -0.15) is 13.1 Å².